The molecule has 3 atom stereocenters. The zero-order chi connectivity index (χ0) is 23.6. The lowest BCUT2D eigenvalue weighted by molar-refractivity contribution is -0.150. The lowest BCUT2D eigenvalue weighted by Gasteiger charge is -2.34. The number of Topliss-reactive ketones (excluding diaryl/α,β-unsaturated/α-hetero) is 1. The number of nitrogens with one attached hydrogen (secondary N) is 2. The van der Waals surface area contributed by atoms with Crippen molar-refractivity contribution >= 4 is 29.0 Å². The molecule has 2 aromatic carbocycles. The van der Waals surface area contributed by atoms with E-state index in [9.17, 15) is 37.1 Å². The molecule has 0 bridgehead atoms. The van der Waals surface area contributed by atoms with Crippen LogP contribution in [-0.4, -0.2) is 29.8 Å². The minimum Gasteiger partial charge on any atom is -0.481 e. The van der Waals surface area contributed by atoms with Gasteiger partial charge in [0, 0.05) is 31.5 Å². The van der Waals surface area contributed by atoms with Crippen molar-refractivity contribution in [1.29, 1.82) is 0 Å². The van der Waals surface area contributed by atoms with Crippen LogP contribution in [-0.2, 0) is 20.6 Å². The summed E-state index contributed by atoms with van der Waals surface area (Å²) in [7, 11) is 1.71. The Hall–Kier alpha value is -3.43. The zero-order valence-corrected chi connectivity index (χ0v) is 16.9. The highest BCUT2D eigenvalue weighted by atomic mass is 19.4. The Morgan fingerprint density at radius 1 is 1.06 bits per heavy atom. The van der Waals surface area contributed by atoms with Crippen LogP contribution in [0.15, 0.2) is 42.5 Å². The molecule has 170 valence electrons. The molecule has 0 radical (unpaired) electrons. The molecule has 3 N–H and O–H groups in total. The lowest BCUT2D eigenvalue weighted by atomic mass is 9.68. The fourth-order valence-corrected chi connectivity index (χ4v) is 3.95. The maximum absolute atomic E-state index is 14.1. The first kappa shape index (κ1) is 23.2. The summed E-state index contributed by atoms with van der Waals surface area (Å²) >= 11 is 0. The average molecular weight is 452 g/mol. The fraction of sp³-hybridized carbons (Fsp3) is 0.318. The van der Waals surface area contributed by atoms with Gasteiger partial charge in [0.15, 0.2) is 0 Å². The van der Waals surface area contributed by atoms with E-state index < -0.39 is 52.9 Å². The summed E-state index contributed by atoms with van der Waals surface area (Å²) in [6.07, 6.45) is -5.20. The number of benzene rings is 2. The van der Waals surface area contributed by atoms with E-state index in [-0.39, 0.29) is 24.7 Å². The number of ketones is 1. The Balaban J connectivity index is 1.88. The van der Waals surface area contributed by atoms with Gasteiger partial charge in [-0.3, -0.25) is 14.4 Å². The molecule has 1 amide bonds. The first-order valence-electron chi connectivity index (χ1n) is 9.71. The Morgan fingerprint density at radius 3 is 2.25 bits per heavy atom. The van der Waals surface area contributed by atoms with Gasteiger partial charge < -0.3 is 15.7 Å². The van der Waals surface area contributed by atoms with E-state index in [2.05, 4.69) is 10.6 Å². The molecule has 1 fully saturated rings. The normalized spacial score (nSPS) is 21.2. The molecular weight excluding hydrogens is 432 g/mol. The second-order valence-corrected chi connectivity index (χ2v) is 7.58. The number of carboxylic acid groups (broad SMARTS) is 1. The number of anilines is 2. The SMILES string of the molecule is CNc1ccc([C@H]2CC(=O)CC(C(=O)Nc3ccc(C(F)(F)F)cc3F)C2C(=O)O)cc1. The molecule has 2 aromatic rings. The maximum Gasteiger partial charge on any atom is 0.416 e. The van der Waals surface area contributed by atoms with Gasteiger partial charge >= 0.3 is 12.1 Å². The van der Waals surface area contributed by atoms with Crippen LogP contribution in [0.4, 0.5) is 28.9 Å². The topological polar surface area (TPSA) is 95.5 Å². The molecule has 3 rings (SSSR count). The van der Waals surface area contributed by atoms with Gasteiger partial charge in [-0.25, -0.2) is 4.39 Å². The summed E-state index contributed by atoms with van der Waals surface area (Å²) in [4.78, 5) is 37.2. The van der Waals surface area contributed by atoms with Crippen LogP contribution >= 0.6 is 0 Å². The van der Waals surface area contributed by atoms with Gasteiger partial charge in [-0.2, -0.15) is 13.2 Å². The Bertz CT molecular complexity index is 1040. The number of carboxylic acids is 1. The number of carbonyl (C=O) groups is 3. The molecule has 10 heteroatoms. The van der Waals surface area contributed by atoms with Crippen LogP contribution in [0, 0.1) is 17.7 Å². The third-order valence-electron chi connectivity index (χ3n) is 5.57. The van der Waals surface area contributed by atoms with Crippen molar-refractivity contribution in [3.8, 4) is 0 Å². The predicted molar refractivity (Wildman–Crippen MR) is 108 cm³/mol. The maximum atomic E-state index is 14.1. The fourth-order valence-electron chi connectivity index (χ4n) is 3.95. The number of alkyl halides is 3. The summed E-state index contributed by atoms with van der Waals surface area (Å²) in [6, 6.07) is 8.34. The monoisotopic (exact) mass is 452 g/mol. The number of amides is 1. The van der Waals surface area contributed by atoms with E-state index in [4.69, 9.17) is 0 Å². The van der Waals surface area contributed by atoms with Crippen molar-refractivity contribution < 1.29 is 37.1 Å². The average Bonchev–Trinajstić information content (AvgIpc) is 2.73. The van der Waals surface area contributed by atoms with E-state index in [0.717, 1.165) is 11.8 Å². The minimum atomic E-state index is -4.76. The highest BCUT2D eigenvalue weighted by Gasteiger charge is 2.46. The third-order valence-corrected chi connectivity index (χ3v) is 5.57. The first-order valence-corrected chi connectivity index (χ1v) is 9.71. The van der Waals surface area contributed by atoms with Gasteiger partial charge in [0.1, 0.15) is 11.6 Å². The number of aliphatic carboxylic acids is 1. The highest BCUT2D eigenvalue weighted by Crippen LogP contribution is 2.41. The standard InChI is InChI=1S/C22H20F4N2O4/c1-27-13-5-2-11(3-6-13)15-9-14(29)10-16(19(15)21(31)32)20(30)28-18-7-4-12(8-17(18)23)22(24,25)26/h2-8,15-16,19,27H,9-10H2,1H3,(H,28,30)(H,31,32)/t15-,16?,19?/m1/s1. The molecule has 6 nitrogen and oxygen atoms in total. The van der Waals surface area contributed by atoms with E-state index in [1.165, 1.54) is 0 Å². The van der Waals surface area contributed by atoms with Crippen LogP contribution < -0.4 is 10.6 Å². The van der Waals surface area contributed by atoms with Gasteiger partial charge in [-0.1, -0.05) is 12.1 Å². The molecule has 1 saturated carbocycles. The van der Waals surface area contributed by atoms with Gasteiger partial charge in [0.05, 0.1) is 23.1 Å². The van der Waals surface area contributed by atoms with Crippen LogP contribution in [0.1, 0.15) is 29.9 Å². The molecule has 1 aliphatic rings. The molecule has 32 heavy (non-hydrogen) atoms. The zero-order valence-electron chi connectivity index (χ0n) is 16.9. The van der Waals surface area contributed by atoms with E-state index in [0.29, 0.717) is 11.6 Å². The van der Waals surface area contributed by atoms with Gasteiger partial charge in [0.25, 0.3) is 0 Å². The Labute approximate surface area is 180 Å². The second kappa shape index (κ2) is 8.97. The van der Waals surface area contributed by atoms with E-state index in [1.54, 1.807) is 31.3 Å². The molecule has 0 spiro atoms. The van der Waals surface area contributed by atoms with Gasteiger partial charge in [-0.15, -0.1) is 0 Å². The largest absolute Gasteiger partial charge is 0.481 e. The van der Waals surface area contributed by atoms with Crippen LogP contribution in [0.3, 0.4) is 0 Å². The smallest absolute Gasteiger partial charge is 0.416 e. The first-order chi connectivity index (χ1) is 15.0. The molecule has 1 aliphatic carbocycles. The molecule has 0 heterocycles. The van der Waals surface area contributed by atoms with Crippen molar-refractivity contribution in [1.82, 2.24) is 0 Å². The molecule has 2 unspecified atom stereocenters. The number of hydrogen-bond donors (Lipinski definition) is 3. The summed E-state index contributed by atoms with van der Waals surface area (Å²) in [5.41, 5.74) is -0.424. The number of halogens is 4. The lowest BCUT2D eigenvalue weighted by Crippen LogP contribution is -2.43. The van der Waals surface area contributed by atoms with E-state index in [1.807, 2.05) is 0 Å². The minimum absolute atomic E-state index is 0.0751. The Kier molecular flexibility index (Phi) is 6.52. The van der Waals surface area contributed by atoms with Crippen molar-refractivity contribution in [2.45, 2.75) is 24.9 Å². The van der Waals surface area contributed by atoms with Gasteiger partial charge in [0.2, 0.25) is 5.91 Å². The number of hydrogen-bond acceptors (Lipinski definition) is 4. The van der Waals surface area contributed by atoms with E-state index >= 15 is 0 Å². The summed E-state index contributed by atoms with van der Waals surface area (Å²) in [5.74, 6) is -7.27. The van der Waals surface area contributed by atoms with Crippen molar-refractivity contribution in [2.75, 3.05) is 17.7 Å². The summed E-state index contributed by atoms with van der Waals surface area (Å²) in [6.45, 7) is 0. The second-order valence-electron chi connectivity index (χ2n) is 7.58. The summed E-state index contributed by atoms with van der Waals surface area (Å²) < 4.78 is 52.3. The number of rotatable bonds is 5. The quantitative estimate of drug-likeness (QED) is 0.589. The highest BCUT2D eigenvalue weighted by molar-refractivity contribution is 5.99. The van der Waals surface area contributed by atoms with Crippen LogP contribution in [0.2, 0.25) is 0 Å². The van der Waals surface area contributed by atoms with Crippen molar-refractivity contribution in [2.24, 2.45) is 11.8 Å². The predicted octanol–water partition coefficient (Wildman–Crippen LogP) is 4.29. The molecule has 0 saturated heterocycles. The third kappa shape index (κ3) is 4.90. The van der Waals surface area contributed by atoms with Crippen LogP contribution in [0.5, 0.6) is 0 Å². The van der Waals surface area contributed by atoms with Crippen molar-refractivity contribution in [3.05, 3.63) is 59.4 Å². The van der Waals surface area contributed by atoms with Crippen LogP contribution in [0.25, 0.3) is 0 Å². The van der Waals surface area contributed by atoms with Crippen molar-refractivity contribution in [3.63, 3.8) is 0 Å². The molecule has 0 aromatic heterocycles. The molecule has 0 aliphatic heterocycles. The summed E-state index contributed by atoms with van der Waals surface area (Å²) in [5, 5.41) is 14.9. The Morgan fingerprint density at radius 2 is 1.72 bits per heavy atom. The molecular formula is C22H20F4N2O4. The van der Waals surface area contributed by atoms with Gasteiger partial charge in [-0.05, 0) is 35.9 Å². The number of carbonyl (C=O) groups excluding carboxylic acids is 2.